The van der Waals surface area contributed by atoms with Gasteiger partial charge in [0, 0.05) is 24.3 Å². The molecule has 0 spiro atoms. The second-order valence-electron chi connectivity index (χ2n) is 5.41. The fourth-order valence-corrected chi connectivity index (χ4v) is 2.05. The number of aromatic nitrogens is 2. The van der Waals surface area contributed by atoms with Gasteiger partial charge in [0.05, 0.1) is 5.69 Å². The van der Waals surface area contributed by atoms with Gasteiger partial charge in [0.2, 0.25) is 0 Å². The molecule has 1 N–H and O–H groups in total. The third kappa shape index (κ3) is 4.60. The van der Waals surface area contributed by atoms with E-state index in [0.717, 1.165) is 12.2 Å². The van der Waals surface area contributed by atoms with E-state index in [9.17, 15) is 8.42 Å². The molecule has 0 unspecified atom stereocenters. The fraction of sp³-hybridized carbons (Fsp3) is 0.667. The van der Waals surface area contributed by atoms with Crippen LogP contribution in [-0.4, -0.2) is 31.2 Å². The lowest BCUT2D eigenvalue weighted by atomic mass is 9.92. The van der Waals surface area contributed by atoms with Crippen LogP contribution in [0.2, 0.25) is 0 Å². The van der Waals surface area contributed by atoms with Crippen molar-refractivity contribution in [3.05, 3.63) is 17.6 Å². The highest BCUT2D eigenvalue weighted by atomic mass is 32.2. The molecular weight excluding hydrogens is 250 g/mol. The van der Waals surface area contributed by atoms with Gasteiger partial charge in [-0.05, 0) is 6.92 Å². The molecule has 0 saturated carbocycles. The van der Waals surface area contributed by atoms with Crippen LogP contribution in [0, 0.1) is 0 Å². The molecule has 18 heavy (non-hydrogen) atoms. The average Bonchev–Trinajstić information content (AvgIpc) is 2.13. The van der Waals surface area contributed by atoms with E-state index in [1.54, 1.807) is 0 Å². The molecular formula is C12H21N3O2S. The molecule has 5 nitrogen and oxygen atoms in total. The summed E-state index contributed by atoms with van der Waals surface area (Å²) in [6.45, 7) is 8.81. The Balaban J connectivity index is 3.22. The lowest BCUT2D eigenvalue weighted by Gasteiger charge is -2.19. The van der Waals surface area contributed by atoms with Crippen molar-refractivity contribution in [1.82, 2.24) is 9.97 Å². The van der Waals surface area contributed by atoms with Gasteiger partial charge in [-0.15, -0.1) is 0 Å². The SMILES string of the molecule is CCNc1cc(C(C)(C)C)nc(CS(C)(=O)=O)n1. The summed E-state index contributed by atoms with van der Waals surface area (Å²) in [6, 6.07) is 1.87. The third-order valence-electron chi connectivity index (χ3n) is 2.29. The van der Waals surface area contributed by atoms with Crippen LogP contribution >= 0.6 is 0 Å². The van der Waals surface area contributed by atoms with E-state index in [4.69, 9.17) is 0 Å². The molecule has 0 aromatic carbocycles. The van der Waals surface area contributed by atoms with Gasteiger partial charge < -0.3 is 5.32 Å². The normalized spacial score (nSPS) is 12.5. The number of nitrogens with one attached hydrogen (secondary N) is 1. The Morgan fingerprint density at radius 3 is 2.33 bits per heavy atom. The smallest absolute Gasteiger partial charge is 0.154 e. The van der Waals surface area contributed by atoms with Gasteiger partial charge in [0.1, 0.15) is 17.4 Å². The van der Waals surface area contributed by atoms with Crippen molar-refractivity contribution in [2.45, 2.75) is 38.9 Å². The van der Waals surface area contributed by atoms with Crippen molar-refractivity contribution < 1.29 is 8.42 Å². The van der Waals surface area contributed by atoms with E-state index in [1.807, 2.05) is 33.8 Å². The summed E-state index contributed by atoms with van der Waals surface area (Å²) in [5.41, 5.74) is 0.700. The average molecular weight is 271 g/mol. The van der Waals surface area contributed by atoms with Crippen molar-refractivity contribution in [3.8, 4) is 0 Å². The molecule has 0 aliphatic carbocycles. The Labute approximate surface area is 109 Å². The Morgan fingerprint density at radius 1 is 1.28 bits per heavy atom. The highest BCUT2D eigenvalue weighted by molar-refractivity contribution is 7.89. The highest BCUT2D eigenvalue weighted by Gasteiger charge is 2.19. The molecule has 1 aromatic rings. The predicted octanol–water partition coefficient (Wildman–Crippen LogP) is 1.75. The molecule has 0 aliphatic rings. The van der Waals surface area contributed by atoms with Gasteiger partial charge in [-0.25, -0.2) is 18.4 Å². The van der Waals surface area contributed by atoms with E-state index >= 15 is 0 Å². The molecule has 0 fully saturated rings. The zero-order valence-electron chi connectivity index (χ0n) is 11.6. The minimum Gasteiger partial charge on any atom is -0.370 e. The van der Waals surface area contributed by atoms with Gasteiger partial charge in [-0.3, -0.25) is 0 Å². The molecule has 1 heterocycles. The summed E-state index contributed by atoms with van der Waals surface area (Å²) in [6.07, 6.45) is 1.19. The first-order chi connectivity index (χ1) is 8.12. The monoisotopic (exact) mass is 271 g/mol. The molecule has 1 aromatic heterocycles. The van der Waals surface area contributed by atoms with Crippen LogP contribution < -0.4 is 5.32 Å². The minimum atomic E-state index is -3.12. The van der Waals surface area contributed by atoms with Crippen molar-refractivity contribution in [2.75, 3.05) is 18.1 Å². The number of rotatable bonds is 4. The summed E-state index contributed by atoms with van der Waals surface area (Å²) in [5.74, 6) is 0.895. The van der Waals surface area contributed by atoms with Crippen molar-refractivity contribution in [3.63, 3.8) is 0 Å². The molecule has 1 rings (SSSR count). The lowest BCUT2D eigenvalue weighted by Crippen LogP contribution is -2.18. The number of anilines is 1. The summed E-state index contributed by atoms with van der Waals surface area (Å²) in [5, 5.41) is 3.10. The minimum absolute atomic E-state index is 0.130. The number of hydrogen-bond donors (Lipinski definition) is 1. The number of nitrogens with zero attached hydrogens (tertiary/aromatic N) is 2. The molecule has 6 heteroatoms. The van der Waals surface area contributed by atoms with Crippen LogP contribution in [0.4, 0.5) is 5.82 Å². The van der Waals surface area contributed by atoms with Crippen LogP contribution in [0.25, 0.3) is 0 Å². The molecule has 102 valence electrons. The third-order valence-corrected chi connectivity index (χ3v) is 3.07. The highest BCUT2D eigenvalue weighted by Crippen LogP contribution is 2.22. The second-order valence-corrected chi connectivity index (χ2v) is 7.55. The van der Waals surface area contributed by atoms with Crippen LogP contribution in [0.5, 0.6) is 0 Å². The maximum atomic E-state index is 11.3. The second kappa shape index (κ2) is 5.22. The molecule has 0 amide bonds. The Morgan fingerprint density at radius 2 is 1.89 bits per heavy atom. The van der Waals surface area contributed by atoms with Crippen molar-refractivity contribution in [2.24, 2.45) is 0 Å². The maximum Gasteiger partial charge on any atom is 0.154 e. The molecule has 0 saturated heterocycles. The largest absolute Gasteiger partial charge is 0.370 e. The van der Waals surface area contributed by atoms with Gasteiger partial charge in [0.15, 0.2) is 9.84 Å². The Hall–Kier alpha value is -1.17. The Kier molecular flexibility index (Phi) is 4.32. The lowest BCUT2D eigenvalue weighted by molar-refractivity contribution is 0.562. The van der Waals surface area contributed by atoms with Crippen molar-refractivity contribution in [1.29, 1.82) is 0 Å². The summed E-state index contributed by atoms with van der Waals surface area (Å²) in [4.78, 5) is 8.56. The Bertz CT molecular complexity index is 519. The van der Waals surface area contributed by atoms with Crippen LogP contribution in [0.1, 0.15) is 39.2 Å². The van der Waals surface area contributed by atoms with Crippen molar-refractivity contribution >= 4 is 15.7 Å². The topological polar surface area (TPSA) is 72.0 Å². The van der Waals surface area contributed by atoms with Gasteiger partial charge in [0.25, 0.3) is 0 Å². The first-order valence-corrected chi connectivity index (χ1v) is 7.98. The quantitative estimate of drug-likeness (QED) is 0.903. The fourth-order valence-electron chi connectivity index (χ4n) is 1.45. The summed E-state index contributed by atoms with van der Waals surface area (Å²) in [7, 11) is -3.12. The summed E-state index contributed by atoms with van der Waals surface area (Å²) < 4.78 is 22.7. The van der Waals surface area contributed by atoms with Crippen LogP contribution in [0.15, 0.2) is 6.07 Å². The summed E-state index contributed by atoms with van der Waals surface area (Å²) >= 11 is 0. The first kappa shape index (κ1) is 14.9. The van der Waals surface area contributed by atoms with Gasteiger partial charge >= 0.3 is 0 Å². The first-order valence-electron chi connectivity index (χ1n) is 5.92. The number of hydrogen-bond acceptors (Lipinski definition) is 5. The maximum absolute atomic E-state index is 11.3. The van der Waals surface area contributed by atoms with E-state index in [-0.39, 0.29) is 11.2 Å². The molecule has 0 radical (unpaired) electrons. The van der Waals surface area contributed by atoms with Crippen LogP contribution in [0.3, 0.4) is 0 Å². The number of sulfone groups is 1. The van der Waals surface area contributed by atoms with E-state index in [0.29, 0.717) is 11.6 Å². The van der Waals surface area contributed by atoms with E-state index in [1.165, 1.54) is 6.26 Å². The zero-order valence-corrected chi connectivity index (χ0v) is 12.4. The predicted molar refractivity (Wildman–Crippen MR) is 73.4 cm³/mol. The molecule has 0 aliphatic heterocycles. The van der Waals surface area contributed by atoms with Gasteiger partial charge in [-0.2, -0.15) is 0 Å². The molecule has 0 bridgehead atoms. The van der Waals surface area contributed by atoms with E-state index in [2.05, 4.69) is 15.3 Å². The van der Waals surface area contributed by atoms with Crippen LogP contribution in [-0.2, 0) is 21.0 Å². The standard InChI is InChI=1S/C12H21N3O2S/c1-6-13-10-7-9(12(2,3)4)14-11(15-10)8-18(5,16)17/h7H,6,8H2,1-5H3,(H,13,14,15). The zero-order chi connectivity index (χ0) is 14.0. The van der Waals surface area contributed by atoms with Gasteiger partial charge in [-0.1, -0.05) is 20.8 Å². The molecule has 0 atom stereocenters. The van der Waals surface area contributed by atoms with E-state index < -0.39 is 9.84 Å².